The minimum atomic E-state index is -3.12. The van der Waals surface area contributed by atoms with E-state index in [0.29, 0.717) is 31.7 Å². The molecule has 2 N–H and O–H groups in total. The quantitative estimate of drug-likeness (QED) is 0.616. The first kappa shape index (κ1) is 14.9. The molecule has 0 aromatic rings. The van der Waals surface area contributed by atoms with E-state index in [4.69, 9.17) is 0 Å². The highest BCUT2D eigenvalue weighted by molar-refractivity contribution is 7.91. The van der Waals surface area contributed by atoms with Crippen LogP contribution in [0.5, 0.6) is 0 Å². The molecule has 1 rings (SSSR count). The van der Waals surface area contributed by atoms with Gasteiger partial charge in [-0.2, -0.15) is 0 Å². The lowest BCUT2D eigenvalue weighted by atomic mass is 10.2. The van der Waals surface area contributed by atoms with Crippen LogP contribution in [-0.2, 0) is 19.9 Å². The predicted octanol–water partition coefficient (Wildman–Crippen LogP) is -0.907. The topological polar surface area (TPSA) is 92.3 Å². The fraction of sp³-hybridized carbons (Fsp3) is 1.00. The molecule has 0 aromatic heterocycles. The van der Waals surface area contributed by atoms with Gasteiger partial charge in [0.2, 0.25) is 10.0 Å². The first-order chi connectivity index (χ1) is 7.79. The van der Waals surface area contributed by atoms with Gasteiger partial charge in [0.05, 0.1) is 17.8 Å². The van der Waals surface area contributed by atoms with E-state index in [1.807, 2.05) is 0 Å². The molecule has 0 aromatic carbocycles. The van der Waals surface area contributed by atoms with Gasteiger partial charge >= 0.3 is 0 Å². The van der Waals surface area contributed by atoms with Gasteiger partial charge in [-0.3, -0.25) is 0 Å². The summed E-state index contributed by atoms with van der Waals surface area (Å²) in [4.78, 5) is 0. The van der Waals surface area contributed by atoms with Crippen molar-refractivity contribution in [3.8, 4) is 0 Å². The monoisotopic (exact) mass is 284 g/mol. The number of hydrogen-bond donors (Lipinski definition) is 2. The smallest absolute Gasteiger partial charge is 0.208 e. The second-order valence-corrected chi connectivity index (χ2v) is 8.49. The summed E-state index contributed by atoms with van der Waals surface area (Å²) in [6.07, 6.45) is 3.36. The molecular weight excluding hydrogens is 264 g/mol. The second-order valence-electron chi connectivity index (χ2n) is 4.43. The Morgan fingerprint density at radius 1 is 1.29 bits per heavy atom. The van der Waals surface area contributed by atoms with Crippen molar-refractivity contribution in [1.29, 1.82) is 0 Å². The van der Waals surface area contributed by atoms with Gasteiger partial charge in [0.25, 0.3) is 0 Å². The Balaban J connectivity index is 2.15. The highest BCUT2D eigenvalue weighted by Gasteiger charge is 2.23. The minimum Gasteiger partial charge on any atom is -0.313 e. The van der Waals surface area contributed by atoms with Crippen molar-refractivity contribution in [2.75, 3.05) is 30.9 Å². The number of nitrogens with one attached hydrogen (secondary N) is 2. The summed E-state index contributed by atoms with van der Waals surface area (Å²) in [5, 5.41) is 3.15. The maximum absolute atomic E-state index is 11.3. The van der Waals surface area contributed by atoms with Gasteiger partial charge in [-0.15, -0.1) is 0 Å². The van der Waals surface area contributed by atoms with Crippen LogP contribution in [0.4, 0.5) is 0 Å². The highest BCUT2D eigenvalue weighted by Crippen LogP contribution is 2.11. The fourth-order valence-corrected chi connectivity index (χ4v) is 4.02. The maximum atomic E-state index is 11.3. The Morgan fingerprint density at radius 3 is 2.59 bits per heavy atom. The predicted molar refractivity (Wildman–Crippen MR) is 67.1 cm³/mol. The Kier molecular flexibility index (Phi) is 5.36. The molecule has 6 nitrogen and oxygen atoms in total. The third kappa shape index (κ3) is 6.97. The number of rotatable bonds is 6. The molecule has 1 aliphatic heterocycles. The SMILES string of the molecule is CS(=O)(=O)NCCCNC1CCCS(=O)(=O)C1. The fourth-order valence-electron chi connectivity index (χ4n) is 1.84. The Labute approximate surface area is 103 Å². The van der Waals surface area contributed by atoms with Gasteiger partial charge in [0.15, 0.2) is 9.84 Å². The van der Waals surface area contributed by atoms with Gasteiger partial charge in [0, 0.05) is 12.6 Å². The Hall–Kier alpha value is -0.180. The van der Waals surface area contributed by atoms with Gasteiger partial charge in [-0.05, 0) is 25.8 Å². The molecule has 1 aliphatic rings. The van der Waals surface area contributed by atoms with Crippen LogP contribution in [0.15, 0.2) is 0 Å². The van der Waals surface area contributed by atoms with Crippen molar-refractivity contribution in [2.45, 2.75) is 25.3 Å². The second kappa shape index (κ2) is 6.12. The zero-order valence-corrected chi connectivity index (χ0v) is 11.6. The first-order valence-corrected chi connectivity index (χ1v) is 9.38. The van der Waals surface area contributed by atoms with Crippen LogP contribution < -0.4 is 10.0 Å². The van der Waals surface area contributed by atoms with Gasteiger partial charge in [-0.25, -0.2) is 21.6 Å². The number of sulfonamides is 1. The van der Waals surface area contributed by atoms with Crippen molar-refractivity contribution in [3.63, 3.8) is 0 Å². The van der Waals surface area contributed by atoms with Crippen molar-refractivity contribution < 1.29 is 16.8 Å². The molecule has 1 heterocycles. The third-order valence-corrected chi connectivity index (χ3v) is 5.16. The molecule has 0 spiro atoms. The van der Waals surface area contributed by atoms with Crippen LogP contribution in [0.25, 0.3) is 0 Å². The van der Waals surface area contributed by atoms with Crippen LogP contribution in [0.1, 0.15) is 19.3 Å². The van der Waals surface area contributed by atoms with E-state index >= 15 is 0 Å². The van der Waals surface area contributed by atoms with E-state index in [0.717, 1.165) is 12.7 Å². The van der Waals surface area contributed by atoms with E-state index in [2.05, 4.69) is 10.0 Å². The summed E-state index contributed by atoms with van der Waals surface area (Å²) >= 11 is 0. The van der Waals surface area contributed by atoms with Crippen LogP contribution in [0, 0.1) is 0 Å². The zero-order valence-electron chi connectivity index (χ0n) is 9.98. The lowest BCUT2D eigenvalue weighted by molar-refractivity contribution is 0.475. The largest absolute Gasteiger partial charge is 0.313 e. The van der Waals surface area contributed by atoms with Crippen LogP contribution in [0.3, 0.4) is 0 Å². The molecule has 102 valence electrons. The van der Waals surface area contributed by atoms with Crippen molar-refractivity contribution in [3.05, 3.63) is 0 Å². The maximum Gasteiger partial charge on any atom is 0.208 e. The molecule has 1 atom stereocenters. The lowest BCUT2D eigenvalue weighted by Gasteiger charge is -2.23. The molecule has 0 aliphatic carbocycles. The molecule has 1 saturated heterocycles. The molecule has 0 saturated carbocycles. The van der Waals surface area contributed by atoms with Crippen LogP contribution in [-0.4, -0.2) is 53.7 Å². The number of hydrogen-bond acceptors (Lipinski definition) is 5. The zero-order chi connectivity index (χ0) is 12.9. The lowest BCUT2D eigenvalue weighted by Crippen LogP contribution is -2.41. The van der Waals surface area contributed by atoms with E-state index in [1.54, 1.807) is 0 Å². The molecular formula is C9H20N2O4S2. The molecule has 1 unspecified atom stereocenters. The van der Waals surface area contributed by atoms with Gasteiger partial charge in [-0.1, -0.05) is 0 Å². The van der Waals surface area contributed by atoms with Crippen molar-refractivity contribution in [2.24, 2.45) is 0 Å². The molecule has 8 heteroatoms. The number of sulfone groups is 1. The van der Waals surface area contributed by atoms with E-state index in [-0.39, 0.29) is 11.8 Å². The molecule has 0 radical (unpaired) electrons. The third-order valence-electron chi connectivity index (χ3n) is 2.61. The van der Waals surface area contributed by atoms with Gasteiger partial charge in [0.1, 0.15) is 0 Å². The average molecular weight is 284 g/mol. The van der Waals surface area contributed by atoms with Gasteiger partial charge < -0.3 is 5.32 Å². The minimum absolute atomic E-state index is 0.0204. The Morgan fingerprint density at radius 2 is 2.00 bits per heavy atom. The summed E-state index contributed by atoms with van der Waals surface area (Å²) < 4.78 is 46.6. The van der Waals surface area contributed by atoms with E-state index in [1.165, 1.54) is 0 Å². The summed E-state index contributed by atoms with van der Waals surface area (Å²) in [5.41, 5.74) is 0. The standard InChI is InChI=1S/C9H20N2O4S2/c1-16(12,13)11-6-3-5-10-9-4-2-7-17(14,15)8-9/h9-11H,2-8H2,1H3. The molecule has 0 bridgehead atoms. The average Bonchev–Trinajstić information content (AvgIpc) is 2.13. The molecule has 17 heavy (non-hydrogen) atoms. The van der Waals surface area contributed by atoms with E-state index < -0.39 is 19.9 Å². The molecule has 1 fully saturated rings. The normalized spacial score (nSPS) is 24.6. The summed E-state index contributed by atoms with van der Waals surface area (Å²) in [7, 11) is -5.99. The summed E-state index contributed by atoms with van der Waals surface area (Å²) in [6.45, 7) is 1.01. The molecule has 0 amide bonds. The Bertz CT molecular complexity index is 430. The summed E-state index contributed by atoms with van der Waals surface area (Å²) in [6, 6.07) is 0.0204. The highest BCUT2D eigenvalue weighted by atomic mass is 32.2. The summed E-state index contributed by atoms with van der Waals surface area (Å²) in [5.74, 6) is 0.493. The van der Waals surface area contributed by atoms with Crippen LogP contribution >= 0.6 is 0 Å². The van der Waals surface area contributed by atoms with Crippen molar-refractivity contribution in [1.82, 2.24) is 10.0 Å². The van der Waals surface area contributed by atoms with Crippen LogP contribution in [0.2, 0.25) is 0 Å². The first-order valence-electron chi connectivity index (χ1n) is 5.67. The van der Waals surface area contributed by atoms with E-state index in [9.17, 15) is 16.8 Å². The van der Waals surface area contributed by atoms with Crippen molar-refractivity contribution >= 4 is 19.9 Å².